The molecule has 2 N–H and O–H groups in total. The zero-order chi connectivity index (χ0) is 21.5. The molecule has 1 aliphatic heterocycles. The molecule has 0 radical (unpaired) electrons. The van der Waals surface area contributed by atoms with Gasteiger partial charge in [-0.25, -0.2) is 9.59 Å². The topological polar surface area (TPSA) is 95.1 Å². The average molecular weight is 412 g/mol. The molecule has 0 saturated heterocycles. The zero-order valence-electron chi connectivity index (χ0n) is 17.1. The van der Waals surface area contributed by atoms with Gasteiger partial charge in [-0.15, -0.1) is 0 Å². The highest BCUT2D eigenvalue weighted by Crippen LogP contribution is 2.35. The summed E-state index contributed by atoms with van der Waals surface area (Å²) in [7, 11) is 3.05. The lowest BCUT2D eigenvalue weighted by Gasteiger charge is -2.29. The van der Waals surface area contributed by atoms with Crippen molar-refractivity contribution in [2.75, 3.05) is 27.4 Å². The van der Waals surface area contributed by atoms with E-state index in [0.29, 0.717) is 28.5 Å². The molecule has 0 aromatic heterocycles. The number of hydrogen-bond donors (Lipinski definition) is 2. The van der Waals surface area contributed by atoms with Crippen molar-refractivity contribution in [3.8, 4) is 17.2 Å². The number of ether oxygens (including phenoxy) is 4. The van der Waals surface area contributed by atoms with Crippen molar-refractivity contribution >= 4 is 12.0 Å². The van der Waals surface area contributed by atoms with E-state index in [9.17, 15) is 9.59 Å². The summed E-state index contributed by atoms with van der Waals surface area (Å²) in [6, 6.07) is 13.2. The molecule has 1 heterocycles. The summed E-state index contributed by atoms with van der Waals surface area (Å²) in [5.41, 5.74) is 1.27. The van der Waals surface area contributed by atoms with Gasteiger partial charge in [-0.1, -0.05) is 18.2 Å². The summed E-state index contributed by atoms with van der Waals surface area (Å²) < 4.78 is 21.7. The van der Waals surface area contributed by atoms with E-state index in [0.717, 1.165) is 0 Å². The Morgan fingerprint density at radius 1 is 1.00 bits per heavy atom. The predicted molar refractivity (Wildman–Crippen MR) is 110 cm³/mol. The third kappa shape index (κ3) is 4.83. The first-order valence-electron chi connectivity index (χ1n) is 9.38. The van der Waals surface area contributed by atoms with Crippen LogP contribution in [0.15, 0.2) is 59.8 Å². The van der Waals surface area contributed by atoms with Crippen molar-refractivity contribution in [1.82, 2.24) is 10.6 Å². The molecule has 0 spiro atoms. The van der Waals surface area contributed by atoms with Gasteiger partial charge in [0.1, 0.15) is 30.5 Å². The molecule has 1 aliphatic rings. The van der Waals surface area contributed by atoms with E-state index in [1.54, 1.807) is 25.1 Å². The van der Waals surface area contributed by atoms with Crippen LogP contribution >= 0.6 is 0 Å². The Labute approximate surface area is 174 Å². The number of allylic oxidation sites excluding steroid dienone is 1. The van der Waals surface area contributed by atoms with E-state index >= 15 is 0 Å². The largest absolute Gasteiger partial charge is 0.497 e. The Morgan fingerprint density at radius 3 is 2.47 bits per heavy atom. The second-order valence-electron chi connectivity index (χ2n) is 6.48. The molecule has 0 bridgehead atoms. The Morgan fingerprint density at radius 2 is 1.77 bits per heavy atom. The van der Waals surface area contributed by atoms with Crippen molar-refractivity contribution in [2.45, 2.75) is 13.0 Å². The maximum Gasteiger partial charge on any atom is 0.338 e. The highest BCUT2D eigenvalue weighted by molar-refractivity contribution is 5.95. The fourth-order valence-electron chi connectivity index (χ4n) is 3.15. The van der Waals surface area contributed by atoms with E-state index in [1.165, 1.54) is 14.2 Å². The van der Waals surface area contributed by atoms with Crippen LogP contribution in [0.3, 0.4) is 0 Å². The number of carbonyl (C=O) groups is 2. The number of carbonyl (C=O) groups excluding carboxylic acids is 2. The van der Waals surface area contributed by atoms with E-state index in [4.69, 9.17) is 18.9 Å². The minimum atomic E-state index is -0.758. The molecule has 8 nitrogen and oxygen atoms in total. The fourth-order valence-corrected chi connectivity index (χ4v) is 3.15. The quantitative estimate of drug-likeness (QED) is 0.511. The summed E-state index contributed by atoms with van der Waals surface area (Å²) in [5, 5.41) is 5.38. The molecular weight excluding hydrogens is 388 g/mol. The number of esters is 1. The molecule has 3 rings (SSSR count). The summed E-state index contributed by atoms with van der Waals surface area (Å²) in [6.07, 6.45) is 0. The molecule has 0 fully saturated rings. The first kappa shape index (κ1) is 21.0. The summed E-state index contributed by atoms with van der Waals surface area (Å²) in [4.78, 5) is 25.0. The summed E-state index contributed by atoms with van der Waals surface area (Å²) in [5.74, 6) is 1.20. The molecule has 2 aromatic carbocycles. The third-order valence-corrected chi connectivity index (χ3v) is 4.57. The highest BCUT2D eigenvalue weighted by Gasteiger charge is 2.34. The van der Waals surface area contributed by atoms with Crippen LogP contribution in [0.4, 0.5) is 4.79 Å². The van der Waals surface area contributed by atoms with Gasteiger partial charge in [0.2, 0.25) is 0 Å². The Balaban J connectivity index is 1.77. The van der Waals surface area contributed by atoms with Crippen LogP contribution in [0.2, 0.25) is 0 Å². The van der Waals surface area contributed by atoms with Crippen LogP contribution in [0.5, 0.6) is 17.2 Å². The van der Waals surface area contributed by atoms with Crippen LogP contribution in [0.1, 0.15) is 18.5 Å². The molecule has 0 saturated carbocycles. The van der Waals surface area contributed by atoms with Crippen molar-refractivity contribution < 1.29 is 28.5 Å². The fraction of sp³-hybridized carbons (Fsp3) is 0.273. The number of urea groups is 1. The lowest BCUT2D eigenvalue weighted by atomic mass is 9.94. The number of nitrogens with one attached hydrogen (secondary N) is 2. The maximum absolute atomic E-state index is 12.9. The zero-order valence-corrected chi connectivity index (χ0v) is 17.1. The molecule has 0 aliphatic carbocycles. The van der Waals surface area contributed by atoms with Crippen LogP contribution in [0.25, 0.3) is 0 Å². The number of para-hydroxylation sites is 1. The van der Waals surface area contributed by atoms with Gasteiger partial charge in [-0.3, -0.25) is 0 Å². The van der Waals surface area contributed by atoms with Crippen LogP contribution in [0, 0.1) is 0 Å². The van der Waals surface area contributed by atoms with Crippen LogP contribution < -0.4 is 24.8 Å². The van der Waals surface area contributed by atoms with E-state index < -0.39 is 18.0 Å². The van der Waals surface area contributed by atoms with Crippen LogP contribution in [-0.4, -0.2) is 39.4 Å². The monoisotopic (exact) mass is 412 g/mol. The smallest absolute Gasteiger partial charge is 0.338 e. The lowest BCUT2D eigenvalue weighted by molar-refractivity contribution is -0.140. The second kappa shape index (κ2) is 9.69. The standard InChI is InChI=1S/C22H24N2O6/c1-14-19(21(25)30-12-11-29-15-7-5-4-6-8-15)20(24-22(26)23-14)17-13-16(27-2)9-10-18(17)28-3/h4-10,13,20H,11-12H2,1-3H3,(H2,23,24,26). The van der Waals surface area contributed by atoms with Crippen LogP contribution in [-0.2, 0) is 9.53 Å². The number of amides is 2. The first-order valence-corrected chi connectivity index (χ1v) is 9.38. The first-order chi connectivity index (χ1) is 14.5. The van der Waals surface area contributed by atoms with Gasteiger partial charge < -0.3 is 29.6 Å². The van der Waals surface area contributed by atoms with Gasteiger partial charge in [-0.05, 0) is 37.3 Å². The van der Waals surface area contributed by atoms with Crippen molar-refractivity contribution in [3.63, 3.8) is 0 Å². The Bertz CT molecular complexity index is 942. The molecular formula is C22H24N2O6. The molecule has 2 aromatic rings. The molecule has 8 heteroatoms. The van der Waals surface area contributed by atoms with E-state index in [1.807, 2.05) is 30.3 Å². The van der Waals surface area contributed by atoms with Gasteiger partial charge in [0.15, 0.2) is 0 Å². The van der Waals surface area contributed by atoms with Crippen molar-refractivity contribution in [3.05, 3.63) is 65.4 Å². The minimum Gasteiger partial charge on any atom is -0.497 e. The molecule has 1 unspecified atom stereocenters. The Hall–Kier alpha value is -3.68. The molecule has 158 valence electrons. The average Bonchev–Trinajstić information content (AvgIpc) is 2.76. The van der Waals surface area contributed by atoms with Crippen molar-refractivity contribution in [2.24, 2.45) is 0 Å². The van der Waals surface area contributed by atoms with Gasteiger partial charge in [0, 0.05) is 11.3 Å². The number of benzene rings is 2. The van der Waals surface area contributed by atoms with Gasteiger partial charge in [0.25, 0.3) is 0 Å². The molecule has 30 heavy (non-hydrogen) atoms. The van der Waals surface area contributed by atoms with Crippen molar-refractivity contribution in [1.29, 1.82) is 0 Å². The third-order valence-electron chi connectivity index (χ3n) is 4.57. The SMILES string of the molecule is COc1ccc(OC)c(C2NC(=O)NC(C)=C2C(=O)OCCOc2ccccc2)c1. The highest BCUT2D eigenvalue weighted by atomic mass is 16.6. The molecule has 1 atom stereocenters. The second-order valence-corrected chi connectivity index (χ2v) is 6.48. The molecule has 2 amide bonds. The Kier molecular flexibility index (Phi) is 6.79. The normalized spacial score (nSPS) is 15.7. The lowest BCUT2D eigenvalue weighted by Crippen LogP contribution is -2.45. The van der Waals surface area contributed by atoms with E-state index in [2.05, 4.69) is 10.6 Å². The van der Waals surface area contributed by atoms with E-state index in [-0.39, 0.29) is 18.8 Å². The number of rotatable bonds is 8. The maximum atomic E-state index is 12.9. The number of methoxy groups -OCH3 is 2. The minimum absolute atomic E-state index is 0.0560. The van der Waals surface area contributed by atoms with Gasteiger partial charge in [0.05, 0.1) is 25.8 Å². The predicted octanol–water partition coefficient (Wildman–Crippen LogP) is 2.95. The summed E-state index contributed by atoms with van der Waals surface area (Å²) in [6.45, 7) is 1.91. The summed E-state index contributed by atoms with van der Waals surface area (Å²) >= 11 is 0. The van der Waals surface area contributed by atoms with Gasteiger partial charge in [-0.2, -0.15) is 0 Å². The van der Waals surface area contributed by atoms with Gasteiger partial charge >= 0.3 is 12.0 Å². The number of hydrogen-bond acceptors (Lipinski definition) is 6.